The Morgan fingerprint density at radius 2 is 1.97 bits per heavy atom. The minimum atomic E-state index is -0.148. The fraction of sp³-hybridized carbons (Fsp3) is 0.190. The van der Waals surface area contributed by atoms with Gasteiger partial charge in [-0.15, -0.1) is 0 Å². The minimum Gasteiger partial charge on any atom is -0.339 e. The third-order valence-electron chi connectivity index (χ3n) is 4.32. The first-order chi connectivity index (χ1) is 14.1. The third kappa shape index (κ3) is 4.37. The molecule has 3 aromatic heterocycles. The summed E-state index contributed by atoms with van der Waals surface area (Å²) in [6, 6.07) is 15.2. The van der Waals surface area contributed by atoms with E-state index in [1.54, 1.807) is 16.9 Å². The standard InChI is InChI=1S/C21H20N6O2/c1-14-12-15(2)27(25-14)18-9-8-17(13-22-18)23-19(28)10-11-20-24-21(26-29-20)16-6-4-3-5-7-16/h3-9,12-13H,10-11H2,1-2H3,(H,23,28). The minimum absolute atomic E-state index is 0.148. The fourth-order valence-electron chi connectivity index (χ4n) is 2.95. The molecule has 4 rings (SSSR count). The summed E-state index contributed by atoms with van der Waals surface area (Å²) < 4.78 is 7.00. The molecule has 0 bridgehead atoms. The van der Waals surface area contributed by atoms with Crippen molar-refractivity contribution in [2.45, 2.75) is 26.7 Å². The van der Waals surface area contributed by atoms with Crippen LogP contribution < -0.4 is 5.32 Å². The summed E-state index contributed by atoms with van der Waals surface area (Å²) in [5.41, 5.74) is 3.43. The molecule has 0 saturated carbocycles. The van der Waals surface area contributed by atoms with Gasteiger partial charge in [0.15, 0.2) is 5.82 Å². The second kappa shape index (κ2) is 8.05. The first-order valence-electron chi connectivity index (χ1n) is 9.26. The van der Waals surface area contributed by atoms with Gasteiger partial charge >= 0.3 is 0 Å². The quantitative estimate of drug-likeness (QED) is 0.543. The van der Waals surface area contributed by atoms with Crippen LogP contribution in [0.25, 0.3) is 17.2 Å². The van der Waals surface area contributed by atoms with Crippen molar-refractivity contribution in [2.75, 3.05) is 5.32 Å². The van der Waals surface area contributed by atoms with E-state index < -0.39 is 0 Å². The van der Waals surface area contributed by atoms with Crippen molar-refractivity contribution in [3.05, 3.63) is 72.0 Å². The molecule has 0 aliphatic heterocycles. The van der Waals surface area contributed by atoms with E-state index in [2.05, 4.69) is 25.5 Å². The van der Waals surface area contributed by atoms with E-state index in [1.165, 1.54) is 0 Å². The maximum Gasteiger partial charge on any atom is 0.227 e. The summed E-state index contributed by atoms with van der Waals surface area (Å²) in [6.07, 6.45) is 2.21. The Morgan fingerprint density at radius 1 is 1.14 bits per heavy atom. The van der Waals surface area contributed by atoms with Gasteiger partial charge in [-0.1, -0.05) is 35.5 Å². The molecule has 0 saturated heterocycles. The largest absolute Gasteiger partial charge is 0.339 e. The second-order valence-corrected chi connectivity index (χ2v) is 6.67. The topological polar surface area (TPSA) is 98.7 Å². The van der Waals surface area contributed by atoms with E-state index in [9.17, 15) is 4.79 Å². The van der Waals surface area contributed by atoms with Crippen molar-refractivity contribution in [1.29, 1.82) is 0 Å². The number of anilines is 1. The van der Waals surface area contributed by atoms with Crippen LogP contribution >= 0.6 is 0 Å². The molecule has 0 fully saturated rings. The molecule has 8 heteroatoms. The van der Waals surface area contributed by atoms with Crippen LogP contribution in [0, 0.1) is 13.8 Å². The van der Waals surface area contributed by atoms with Crippen molar-refractivity contribution in [3.8, 4) is 17.2 Å². The summed E-state index contributed by atoms with van der Waals surface area (Å²) in [7, 11) is 0. The number of amides is 1. The summed E-state index contributed by atoms with van der Waals surface area (Å²) >= 11 is 0. The van der Waals surface area contributed by atoms with Gasteiger partial charge in [-0.3, -0.25) is 4.79 Å². The smallest absolute Gasteiger partial charge is 0.227 e. The van der Waals surface area contributed by atoms with E-state index >= 15 is 0 Å². The number of hydrogen-bond acceptors (Lipinski definition) is 6. The molecule has 1 aromatic carbocycles. The number of rotatable bonds is 6. The molecule has 0 aliphatic carbocycles. The molecule has 1 N–H and O–H groups in total. The van der Waals surface area contributed by atoms with Gasteiger partial charge in [-0.2, -0.15) is 10.1 Å². The Balaban J connectivity index is 1.33. The van der Waals surface area contributed by atoms with Gasteiger partial charge in [0.25, 0.3) is 0 Å². The predicted octanol–water partition coefficient (Wildman–Crippen LogP) is 3.51. The number of carbonyl (C=O) groups excluding carboxylic acids is 1. The highest BCUT2D eigenvalue weighted by Gasteiger charge is 2.11. The van der Waals surface area contributed by atoms with Crippen molar-refractivity contribution in [3.63, 3.8) is 0 Å². The van der Waals surface area contributed by atoms with Crippen LogP contribution in [0.3, 0.4) is 0 Å². The number of pyridine rings is 1. The van der Waals surface area contributed by atoms with Crippen molar-refractivity contribution < 1.29 is 9.32 Å². The SMILES string of the molecule is Cc1cc(C)n(-c2ccc(NC(=O)CCc3nc(-c4ccccc4)no3)cn2)n1. The normalized spacial score (nSPS) is 10.8. The van der Waals surface area contributed by atoms with Crippen LogP contribution in [-0.4, -0.2) is 30.8 Å². The van der Waals surface area contributed by atoms with Crippen LogP contribution in [0.15, 0.2) is 59.3 Å². The predicted molar refractivity (Wildman–Crippen MR) is 108 cm³/mol. The maximum absolute atomic E-state index is 12.2. The number of aryl methyl sites for hydroxylation is 3. The van der Waals surface area contributed by atoms with Crippen molar-refractivity contribution in [1.82, 2.24) is 24.9 Å². The van der Waals surface area contributed by atoms with E-state index in [1.807, 2.05) is 56.3 Å². The molecule has 3 heterocycles. The Kier molecular flexibility index (Phi) is 5.15. The van der Waals surface area contributed by atoms with Crippen LogP contribution in [-0.2, 0) is 11.2 Å². The van der Waals surface area contributed by atoms with Gasteiger partial charge in [0.1, 0.15) is 0 Å². The van der Waals surface area contributed by atoms with Crippen LogP contribution in [0.4, 0.5) is 5.69 Å². The van der Waals surface area contributed by atoms with Crippen LogP contribution in [0.2, 0.25) is 0 Å². The summed E-state index contributed by atoms with van der Waals surface area (Å²) in [5, 5.41) is 11.2. The summed E-state index contributed by atoms with van der Waals surface area (Å²) in [4.78, 5) is 20.9. The second-order valence-electron chi connectivity index (χ2n) is 6.67. The zero-order valence-corrected chi connectivity index (χ0v) is 16.2. The number of carbonyl (C=O) groups is 1. The molecule has 0 unspecified atom stereocenters. The van der Waals surface area contributed by atoms with E-state index in [0.29, 0.717) is 29.6 Å². The molecule has 1 amide bonds. The highest BCUT2D eigenvalue weighted by molar-refractivity contribution is 5.90. The lowest BCUT2D eigenvalue weighted by molar-refractivity contribution is -0.116. The monoisotopic (exact) mass is 388 g/mol. The Morgan fingerprint density at radius 3 is 2.66 bits per heavy atom. The number of benzene rings is 1. The number of hydrogen-bond donors (Lipinski definition) is 1. The molecule has 29 heavy (non-hydrogen) atoms. The van der Waals surface area contributed by atoms with E-state index in [0.717, 1.165) is 17.0 Å². The van der Waals surface area contributed by atoms with Crippen molar-refractivity contribution >= 4 is 11.6 Å². The molecule has 146 valence electrons. The first kappa shape index (κ1) is 18.5. The molecule has 0 radical (unpaired) electrons. The van der Waals surface area contributed by atoms with Crippen molar-refractivity contribution in [2.24, 2.45) is 0 Å². The molecular weight excluding hydrogens is 368 g/mol. The fourth-order valence-corrected chi connectivity index (χ4v) is 2.95. The maximum atomic E-state index is 12.2. The molecule has 0 atom stereocenters. The average Bonchev–Trinajstić information content (AvgIpc) is 3.34. The van der Waals surface area contributed by atoms with Gasteiger partial charge < -0.3 is 9.84 Å². The number of aromatic nitrogens is 5. The average molecular weight is 388 g/mol. The third-order valence-corrected chi connectivity index (χ3v) is 4.32. The molecule has 8 nitrogen and oxygen atoms in total. The van der Waals surface area contributed by atoms with Gasteiger partial charge in [0.2, 0.25) is 17.6 Å². The highest BCUT2D eigenvalue weighted by atomic mass is 16.5. The zero-order chi connectivity index (χ0) is 20.2. The molecule has 0 spiro atoms. The molecule has 4 aromatic rings. The van der Waals surface area contributed by atoms with Crippen LogP contribution in [0.5, 0.6) is 0 Å². The summed E-state index contributed by atoms with van der Waals surface area (Å²) in [6.45, 7) is 3.91. The Hall–Kier alpha value is -3.81. The van der Waals surface area contributed by atoms with Gasteiger partial charge in [-0.05, 0) is 32.0 Å². The van der Waals surface area contributed by atoms with Gasteiger partial charge in [-0.25, -0.2) is 9.67 Å². The van der Waals surface area contributed by atoms with E-state index in [4.69, 9.17) is 4.52 Å². The lowest BCUT2D eigenvalue weighted by Crippen LogP contribution is -2.13. The summed E-state index contributed by atoms with van der Waals surface area (Å²) in [5.74, 6) is 1.50. The lowest BCUT2D eigenvalue weighted by atomic mass is 10.2. The zero-order valence-electron chi connectivity index (χ0n) is 16.2. The van der Waals surface area contributed by atoms with Gasteiger partial charge in [0, 0.05) is 24.1 Å². The van der Waals surface area contributed by atoms with E-state index in [-0.39, 0.29) is 12.3 Å². The Labute approximate surface area is 167 Å². The van der Waals surface area contributed by atoms with Crippen LogP contribution in [0.1, 0.15) is 23.7 Å². The lowest BCUT2D eigenvalue weighted by Gasteiger charge is -2.06. The first-order valence-corrected chi connectivity index (χ1v) is 9.26. The highest BCUT2D eigenvalue weighted by Crippen LogP contribution is 2.16. The number of nitrogens with zero attached hydrogens (tertiary/aromatic N) is 5. The molecule has 0 aliphatic rings. The molecular formula is C21H20N6O2. The van der Waals surface area contributed by atoms with Gasteiger partial charge in [0.05, 0.1) is 17.6 Å². The Bertz CT molecular complexity index is 1120. The number of nitrogens with one attached hydrogen (secondary N) is 1.